The van der Waals surface area contributed by atoms with Crippen LogP contribution in [0.15, 0.2) is 24.3 Å². The van der Waals surface area contributed by atoms with E-state index in [1.54, 1.807) is 0 Å². The maximum absolute atomic E-state index is 12.4. The normalized spacial score (nSPS) is 23.0. The summed E-state index contributed by atoms with van der Waals surface area (Å²) in [5.41, 5.74) is 2.13. The Labute approximate surface area is 149 Å². The maximum atomic E-state index is 12.4. The van der Waals surface area contributed by atoms with E-state index in [0.717, 1.165) is 55.6 Å². The molecule has 1 atom stereocenters. The van der Waals surface area contributed by atoms with Crippen molar-refractivity contribution in [3.8, 4) is 0 Å². The highest BCUT2D eigenvalue weighted by Gasteiger charge is 2.25. The van der Waals surface area contributed by atoms with Gasteiger partial charge in [-0.05, 0) is 44.4 Å². The minimum atomic E-state index is 0.192. The van der Waals surface area contributed by atoms with E-state index in [0.29, 0.717) is 18.5 Å². The lowest BCUT2D eigenvalue weighted by Crippen LogP contribution is -2.45. The zero-order valence-corrected chi connectivity index (χ0v) is 14.8. The van der Waals surface area contributed by atoms with Crippen molar-refractivity contribution in [2.45, 2.75) is 56.9 Å². The summed E-state index contributed by atoms with van der Waals surface area (Å²) < 4.78 is 0. The van der Waals surface area contributed by atoms with E-state index in [1.165, 1.54) is 19.3 Å². The molecule has 5 heteroatoms. The molecule has 2 aliphatic rings. The van der Waals surface area contributed by atoms with Crippen molar-refractivity contribution in [1.29, 1.82) is 0 Å². The zero-order chi connectivity index (χ0) is 17.1. The Hall–Kier alpha value is -1.88. The SMILES string of the molecule is O=C(CN1CCC[C@H](c2nc3ccccc3[nH]2)C1)NC1CCCCC1. The van der Waals surface area contributed by atoms with Crippen LogP contribution in [0.4, 0.5) is 0 Å². The molecule has 0 bridgehead atoms. The topological polar surface area (TPSA) is 61.0 Å². The fourth-order valence-corrected chi connectivity index (χ4v) is 4.31. The number of likely N-dealkylation sites (tertiary alicyclic amines) is 1. The van der Waals surface area contributed by atoms with Crippen LogP contribution in [0.1, 0.15) is 56.7 Å². The summed E-state index contributed by atoms with van der Waals surface area (Å²) in [5.74, 6) is 1.65. The van der Waals surface area contributed by atoms with Gasteiger partial charge in [-0.25, -0.2) is 4.98 Å². The number of piperidine rings is 1. The van der Waals surface area contributed by atoms with Crippen molar-refractivity contribution in [3.05, 3.63) is 30.1 Å². The third-order valence-electron chi connectivity index (χ3n) is 5.64. The summed E-state index contributed by atoms with van der Waals surface area (Å²) in [7, 11) is 0. The molecule has 1 amide bonds. The second kappa shape index (κ2) is 7.56. The first-order valence-corrected chi connectivity index (χ1v) is 9.74. The number of para-hydroxylation sites is 2. The van der Waals surface area contributed by atoms with Crippen molar-refractivity contribution >= 4 is 16.9 Å². The number of amides is 1. The van der Waals surface area contributed by atoms with Gasteiger partial charge in [-0.15, -0.1) is 0 Å². The number of nitrogens with one attached hydrogen (secondary N) is 2. The highest BCUT2D eigenvalue weighted by atomic mass is 16.2. The number of rotatable bonds is 4. The van der Waals surface area contributed by atoms with E-state index in [1.807, 2.05) is 18.2 Å². The molecule has 1 aliphatic heterocycles. The van der Waals surface area contributed by atoms with Crippen LogP contribution in [0.5, 0.6) is 0 Å². The van der Waals surface area contributed by atoms with Crippen LogP contribution >= 0.6 is 0 Å². The Morgan fingerprint density at radius 3 is 2.84 bits per heavy atom. The maximum Gasteiger partial charge on any atom is 0.234 e. The van der Waals surface area contributed by atoms with Gasteiger partial charge in [0.1, 0.15) is 5.82 Å². The van der Waals surface area contributed by atoms with Gasteiger partial charge in [0, 0.05) is 18.5 Å². The quantitative estimate of drug-likeness (QED) is 0.898. The summed E-state index contributed by atoms with van der Waals surface area (Å²) in [5, 5.41) is 3.24. The molecular formula is C20H28N4O. The fraction of sp³-hybridized carbons (Fsp3) is 0.600. The minimum Gasteiger partial charge on any atom is -0.352 e. The lowest BCUT2D eigenvalue weighted by Gasteiger charge is -2.32. The molecule has 0 unspecified atom stereocenters. The average Bonchev–Trinajstić information content (AvgIpc) is 3.07. The average molecular weight is 340 g/mol. The van der Waals surface area contributed by atoms with Gasteiger partial charge in [0.15, 0.2) is 0 Å². The van der Waals surface area contributed by atoms with Crippen LogP contribution in [-0.2, 0) is 4.79 Å². The van der Waals surface area contributed by atoms with E-state index < -0.39 is 0 Å². The molecule has 2 N–H and O–H groups in total. The second-order valence-electron chi connectivity index (χ2n) is 7.62. The number of benzene rings is 1. The molecule has 1 saturated heterocycles. The minimum absolute atomic E-state index is 0.192. The predicted octanol–water partition coefficient (Wildman–Crippen LogP) is 3.19. The molecule has 2 fully saturated rings. The van der Waals surface area contributed by atoms with Gasteiger partial charge >= 0.3 is 0 Å². The number of H-pyrrole nitrogens is 1. The van der Waals surface area contributed by atoms with Crippen LogP contribution in [0.3, 0.4) is 0 Å². The summed E-state index contributed by atoms with van der Waals surface area (Å²) in [4.78, 5) is 22.9. The van der Waals surface area contributed by atoms with E-state index >= 15 is 0 Å². The standard InChI is InChI=1S/C20H28N4O/c25-19(21-16-8-2-1-3-9-16)14-24-12-6-7-15(13-24)20-22-17-10-4-5-11-18(17)23-20/h4-5,10-11,15-16H,1-3,6-9,12-14H2,(H,21,25)(H,22,23)/t15-/m0/s1. The van der Waals surface area contributed by atoms with Crippen molar-refractivity contribution in [2.75, 3.05) is 19.6 Å². The van der Waals surface area contributed by atoms with Crippen molar-refractivity contribution in [2.24, 2.45) is 0 Å². The van der Waals surface area contributed by atoms with Gasteiger partial charge < -0.3 is 10.3 Å². The number of carbonyl (C=O) groups is 1. The molecule has 134 valence electrons. The summed E-state index contributed by atoms with van der Waals surface area (Å²) in [6.45, 7) is 2.44. The molecule has 1 aliphatic carbocycles. The van der Waals surface area contributed by atoms with Crippen LogP contribution in [0.2, 0.25) is 0 Å². The van der Waals surface area contributed by atoms with Crippen molar-refractivity contribution < 1.29 is 4.79 Å². The molecule has 5 nitrogen and oxygen atoms in total. The third kappa shape index (κ3) is 4.03. The molecule has 25 heavy (non-hydrogen) atoms. The van der Waals surface area contributed by atoms with Crippen molar-refractivity contribution in [1.82, 2.24) is 20.2 Å². The molecular weight excluding hydrogens is 312 g/mol. The van der Waals surface area contributed by atoms with Gasteiger partial charge in [0.05, 0.1) is 17.6 Å². The van der Waals surface area contributed by atoms with Gasteiger partial charge in [-0.2, -0.15) is 0 Å². The first-order chi connectivity index (χ1) is 12.3. The Morgan fingerprint density at radius 1 is 1.16 bits per heavy atom. The zero-order valence-electron chi connectivity index (χ0n) is 14.8. The summed E-state index contributed by atoms with van der Waals surface area (Å²) in [6.07, 6.45) is 8.38. The van der Waals surface area contributed by atoms with Crippen LogP contribution in [0, 0.1) is 0 Å². The van der Waals surface area contributed by atoms with Gasteiger partial charge in [-0.3, -0.25) is 9.69 Å². The molecule has 1 saturated carbocycles. The number of hydrogen-bond acceptors (Lipinski definition) is 3. The number of imidazole rings is 1. The number of nitrogens with zero attached hydrogens (tertiary/aromatic N) is 2. The van der Waals surface area contributed by atoms with E-state index in [9.17, 15) is 4.79 Å². The molecule has 4 rings (SSSR count). The Kier molecular flexibility index (Phi) is 5.02. The van der Waals surface area contributed by atoms with E-state index in [2.05, 4.69) is 21.3 Å². The second-order valence-corrected chi connectivity index (χ2v) is 7.62. The van der Waals surface area contributed by atoms with Gasteiger partial charge in [-0.1, -0.05) is 31.4 Å². The highest BCUT2D eigenvalue weighted by Crippen LogP contribution is 2.26. The lowest BCUT2D eigenvalue weighted by molar-refractivity contribution is -0.123. The van der Waals surface area contributed by atoms with Gasteiger partial charge in [0.25, 0.3) is 0 Å². The third-order valence-corrected chi connectivity index (χ3v) is 5.64. The van der Waals surface area contributed by atoms with Crippen LogP contribution < -0.4 is 5.32 Å². The number of hydrogen-bond donors (Lipinski definition) is 2. The first kappa shape index (κ1) is 16.6. The number of carbonyl (C=O) groups excluding carboxylic acids is 1. The van der Waals surface area contributed by atoms with E-state index in [4.69, 9.17) is 4.98 Å². The smallest absolute Gasteiger partial charge is 0.234 e. The van der Waals surface area contributed by atoms with E-state index in [-0.39, 0.29) is 5.91 Å². The Morgan fingerprint density at radius 2 is 2.00 bits per heavy atom. The Bertz CT molecular complexity index is 686. The number of aromatic amines is 1. The Balaban J connectivity index is 1.34. The number of fused-ring (bicyclic) bond motifs is 1. The molecule has 2 aromatic rings. The van der Waals surface area contributed by atoms with Crippen LogP contribution in [-0.4, -0.2) is 46.5 Å². The molecule has 0 spiro atoms. The lowest BCUT2D eigenvalue weighted by atomic mass is 9.95. The highest BCUT2D eigenvalue weighted by molar-refractivity contribution is 5.78. The number of aromatic nitrogens is 2. The molecule has 2 heterocycles. The molecule has 0 radical (unpaired) electrons. The summed E-state index contributed by atoms with van der Waals surface area (Å²) >= 11 is 0. The largest absolute Gasteiger partial charge is 0.352 e. The van der Waals surface area contributed by atoms with Gasteiger partial charge in [0.2, 0.25) is 5.91 Å². The van der Waals surface area contributed by atoms with Crippen molar-refractivity contribution in [3.63, 3.8) is 0 Å². The fourth-order valence-electron chi connectivity index (χ4n) is 4.31. The van der Waals surface area contributed by atoms with Crippen LogP contribution in [0.25, 0.3) is 11.0 Å². The predicted molar refractivity (Wildman–Crippen MR) is 99.5 cm³/mol. The molecule has 1 aromatic carbocycles. The monoisotopic (exact) mass is 340 g/mol. The summed E-state index contributed by atoms with van der Waals surface area (Å²) in [6, 6.07) is 8.58. The first-order valence-electron chi connectivity index (χ1n) is 9.74. The molecule has 1 aromatic heterocycles.